The molecule has 0 spiro atoms. The van der Waals surface area contributed by atoms with E-state index in [-0.39, 0.29) is 17.9 Å². The lowest BCUT2D eigenvalue weighted by Crippen LogP contribution is -2.31. The van der Waals surface area contributed by atoms with Gasteiger partial charge in [0.1, 0.15) is 23.0 Å². The van der Waals surface area contributed by atoms with Crippen LogP contribution in [0.15, 0.2) is 78.5 Å². The van der Waals surface area contributed by atoms with Crippen molar-refractivity contribution < 1.29 is 28.9 Å². The molecule has 0 aliphatic carbocycles. The lowest BCUT2D eigenvalue weighted by molar-refractivity contribution is -0.139. The molecule has 1 atom stereocenters. The lowest BCUT2D eigenvalue weighted by atomic mass is 9.95. The van der Waals surface area contributed by atoms with E-state index in [1.54, 1.807) is 56.7 Å². The summed E-state index contributed by atoms with van der Waals surface area (Å²) in [7, 11) is 4.69. The maximum atomic E-state index is 13.4. The molecule has 1 amide bonds. The maximum Gasteiger partial charge on any atom is 0.295 e. The molecule has 194 valence electrons. The monoisotopic (exact) mass is 512 g/mol. The van der Waals surface area contributed by atoms with E-state index in [1.807, 2.05) is 30.5 Å². The largest absolute Gasteiger partial charge is 0.507 e. The van der Waals surface area contributed by atoms with Crippen LogP contribution in [0.25, 0.3) is 16.7 Å². The van der Waals surface area contributed by atoms with Crippen LogP contribution in [0, 0.1) is 0 Å². The Morgan fingerprint density at radius 2 is 1.58 bits per heavy atom. The number of hydrogen-bond acceptors (Lipinski definition) is 6. The molecular weight excluding hydrogens is 484 g/mol. The van der Waals surface area contributed by atoms with E-state index >= 15 is 0 Å². The predicted octanol–water partition coefficient (Wildman–Crippen LogP) is 4.86. The summed E-state index contributed by atoms with van der Waals surface area (Å²) in [6, 6.07) is 18.9. The van der Waals surface area contributed by atoms with Gasteiger partial charge in [0, 0.05) is 29.2 Å². The number of aliphatic hydroxyl groups excluding tert-OH is 1. The van der Waals surface area contributed by atoms with Gasteiger partial charge < -0.3 is 29.2 Å². The smallest absolute Gasteiger partial charge is 0.295 e. The van der Waals surface area contributed by atoms with Crippen molar-refractivity contribution in [2.75, 3.05) is 27.9 Å². The number of carbonyl (C=O) groups is 2. The van der Waals surface area contributed by atoms with E-state index in [0.717, 1.165) is 22.2 Å². The number of Topliss-reactive ketones (excluding diaryl/α,β-unsaturated/α-hetero) is 1. The fourth-order valence-corrected chi connectivity index (χ4v) is 4.93. The quantitative estimate of drug-likeness (QED) is 0.199. The van der Waals surface area contributed by atoms with Crippen molar-refractivity contribution in [2.45, 2.75) is 12.5 Å². The number of aromatic nitrogens is 1. The van der Waals surface area contributed by atoms with Crippen molar-refractivity contribution in [3.63, 3.8) is 0 Å². The van der Waals surface area contributed by atoms with Crippen LogP contribution in [-0.4, -0.2) is 54.6 Å². The molecule has 38 heavy (non-hydrogen) atoms. The third-order valence-corrected chi connectivity index (χ3v) is 6.89. The summed E-state index contributed by atoms with van der Waals surface area (Å²) in [5, 5.41) is 12.3. The Morgan fingerprint density at radius 3 is 2.32 bits per heavy atom. The number of benzene rings is 3. The molecule has 8 heteroatoms. The highest BCUT2D eigenvalue weighted by Crippen LogP contribution is 2.41. The highest BCUT2D eigenvalue weighted by atomic mass is 16.5. The Kier molecular flexibility index (Phi) is 6.79. The molecule has 1 saturated heterocycles. The first kappa shape index (κ1) is 25.0. The van der Waals surface area contributed by atoms with Crippen LogP contribution in [0.1, 0.15) is 22.7 Å². The van der Waals surface area contributed by atoms with Crippen molar-refractivity contribution in [3.05, 3.63) is 95.2 Å². The molecule has 1 aliphatic heterocycles. The van der Waals surface area contributed by atoms with Crippen LogP contribution in [0.4, 0.5) is 0 Å². The van der Waals surface area contributed by atoms with E-state index in [0.29, 0.717) is 29.0 Å². The number of H-pyrrole nitrogens is 1. The number of fused-ring (bicyclic) bond motifs is 1. The number of nitrogens with one attached hydrogen (secondary N) is 1. The summed E-state index contributed by atoms with van der Waals surface area (Å²) in [4.78, 5) is 31.5. The molecule has 0 saturated carbocycles. The second-order valence-electron chi connectivity index (χ2n) is 8.98. The Morgan fingerprint density at radius 1 is 0.895 bits per heavy atom. The number of ether oxygens (including phenoxy) is 3. The number of aromatic amines is 1. The minimum absolute atomic E-state index is 0.0251. The summed E-state index contributed by atoms with van der Waals surface area (Å²) >= 11 is 0. The third kappa shape index (κ3) is 4.45. The summed E-state index contributed by atoms with van der Waals surface area (Å²) in [6.45, 7) is 0.255. The average Bonchev–Trinajstić information content (AvgIpc) is 3.48. The van der Waals surface area contributed by atoms with Gasteiger partial charge >= 0.3 is 0 Å². The van der Waals surface area contributed by atoms with Crippen molar-refractivity contribution in [3.8, 4) is 17.2 Å². The fraction of sp³-hybridized carbons (Fsp3) is 0.200. The predicted molar refractivity (Wildman–Crippen MR) is 144 cm³/mol. The minimum atomic E-state index is -0.795. The first-order chi connectivity index (χ1) is 18.4. The Hall–Kier alpha value is -4.72. The Bertz CT molecular complexity index is 1550. The number of rotatable bonds is 8. The fourth-order valence-electron chi connectivity index (χ4n) is 4.93. The van der Waals surface area contributed by atoms with Crippen LogP contribution < -0.4 is 14.2 Å². The van der Waals surface area contributed by atoms with Crippen molar-refractivity contribution >= 4 is 28.4 Å². The van der Waals surface area contributed by atoms with Crippen LogP contribution in [-0.2, 0) is 16.0 Å². The SMILES string of the molecule is COc1cccc(/C(O)=C2/C(=O)C(=O)N(CCc3c[nH]c4ccc(OC)cc34)C2c2cccc(OC)c2)c1. The van der Waals surface area contributed by atoms with E-state index in [2.05, 4.69) is 4.98 Å². The van der Waals surface area contributed by atoms with Crippen molar-refractivity contribution in [1.29, 1.82) is 0 Å². The van der Waals surface area contributed by atoms with Gasteiger partial charge in [-0.05, 0) is 60.0 Å². The zero-order valence-electron chi connectivity index (χ0n) is 21.4. The molecule has 0 bridgehead atoms. The highest BCUT2D eigenvalue weighted by molar-refractivity contribution is 6.46. The van der Waals surface area contributed by atoms with Gasteiger partial charge in [-0.25, -0.2) is 0 Å². The Labute approximate surface area is 220 Å². The van der Waals surface area contributed by atoms with Crippen LogP contribution >= 0.6 is 0 Å². The zero-order valence-corrected chi connectivity index (χ0v) is 21.4. The van der Waals surface area contributed by atoms with Gasteiger partial charge in [0.05, 0.1) is 32.9 Å². The number of aliphatic hydroxyl groups is 1. The summed E-state index contributed by atoms with van der Waals surface area (Å²) in [6.07, 6.45) is 2.39. The van der Waals surface area contributed by atoms with Gasteiger partial charge in [0.25, 0.3) is 11.7 Å². The number of hydrogen-bond donors (Lipinski definition) is 2. The van der Waals surface area contributed by atoms with Crippen LogP contribution in [0.5, 0.6) is 17.2 Å². The molecule has 5 rings (SSSR count). The number of nitrogens with zero attached hydrogens (tertiary/aromatic N) is 1. The van der Waals surface area contributed by atoms with Gasteiger partial charge in [-0.2, -0.15) is 0 Å². The average molecular weight is 513 g/mol. The normalized spacial score (nSPS) is 16.7. The number of methoxy groups -OCH3 is 3. The zero-order chi connectivity index (χ0) is 26.8. The van der Waals surface area contributed by atoms with Crippen molar-refractivity contribution in [2.24, 2.45) is 0 Å². The number of amides is 1. The molecule has 1 aromatic heterocycles. The van der Waals surface area contributed by atoms with Gasteiger partial charge in [-0.15, -0.1) is 0 Å². The van der Waals surface area contributed by atoms with E-state index in [4.69, 9.17) is 14.2 Å². The van der Waals surface area contributed by atoms with E-state index < -0.39 is 17.7 Å². The molecule has 1 fully saturated rings. The molecule has 8 nitrogen and oxygen atoms in total. The number of likely N-dealkylation sites (tertiary alicyclic amines) is 1. The highest BCUT2D eigenvalue weighted by Gasteiger charge is 2.46. The summed E-state index contributed by atoms with van der Waals surface area (Å²) in [5.41, 5.74) is 3.01. The molecule has 3 aromatic carbocycles. The third-order valence-electron chi connectivity index (χ3n) is 6.89. The maximum absolute atomic E-state index is 13.4. The van der Waals surface area contributed by atoms with Gasteiger partial charge in [-0.1, -0.05) is 24.3 Å². The molecule has 0 radical (unpaired) electrons. The standard InChI is InChI=1S/C30H28N2O6/c1-36-21-8-4-6-18(14-21)27-26(28(33)19-7-5-9-22(15-19)37-2)29(34)30(35)32(27)13-12-20-17-31-25-11-10-23(38-3)16-24(20)25/h4-11,14-17,27,31,33H,12-13H2,1-3H3/b28-26-. The van der Waals surface area contributed by atoms with Crippen LogP contribution in [0.2, 0.25) is 0 Å². The molecule has 2 heterocycles. The molecular formula is C30H28N2O6. The number of ketones is 1. The Balaban J connectivity index is 1.57. The molecule has 1 unspecified atom stereocenters. The van der Waals surface area contributed by atoms with E-state index in [9.17, 15) is 14.7 Å². The lowest BCUT2D eigenvalue weighted by Gasteiger charge is -2.25. The van der Waals surface area contributed by atoms with Gasteiger partial charge in [0.2, 0.25) is 0 Å². The second kappa shape index (κ2) is 10.3. The minimum Gasteiger partial charge on any atom is -0.507 e. The molecule has 4 aromatic rings. The van der Waals surface area contributed by atoms with Gasteiger partial charge in [-0.3, -0.25) is 9.59 Å². The van der Waals surface area contributed by atoms with Gasteiger partial charge in [0.15, 0.2) is 0 Å². The van der Waals surface area contributed by atoms with Crippen LogP contribution in [0.3, 0.4) is 0 Å². The molecule has 1 aliphatic rings. The number of carbonyl (C=O) groups excluding carboxylic acids is 2. The van der Waals surface area contributed by atoms with E-state index in [1.165, 1.54) is 12.0 Å². The summed E-state index contributed by atoms with van der Waals surface area (Å²) in [5.74, 6) is 0.176. The topological polar surface area (TPSA) is 101 Å². The first-order valence-corrected chi connectivity index (χ1v) is 12.2. The molecule has 2 N–H and O–H groups in total. The van der Waals surface area contributed by atoms with Crippen molar-refractivity contribution in [1.82, 2.24) is 9.88 Å². The summed E-state index contributed by atoms with van der Waals surface area (Å²) < 4.78 is 16.1. The first-order valence-electron chi connectivity index (χ1n) is 12.2. The second-order valence-corrected chi connectivity index (χ2v) is 8.98.